The van der Waals surface area contributed by atoms with Gasteiger partial charge in [0.15, 0.2) is 0 Å². The number of fused-ring (bicyclic) bond motifs is 1. The van der Waals surface area contributed by atoms with Gasteiger partial charge in [-0.1, -0.05) is 17.7 Å². The Morgan fingerprint density at radius 3 is 2.72 bits per heavy atom. The highest BCUT2D eigenvalue weighted by Gasteiger charge is 2.16. The molecule has 130 valence electrons. The van der Waals surface area contributed by atoms with E-state index in [0.717, 1.165) is 48.2 Å². The molecule has 2 heterocycles. The van der Waals surface area contributed by atoms with Crippen molar-refractivity contribution in [3.63, 3.8) is 0 Å². The summed E-state index contributed by atoms with van der Waals surface area (Å²) in [5, 5.41) is 5.34. The van der Waals surface area contributed by atoms with Crippen molar-refractivity contribution in [2.24, 2.45) is 0 Å². The van der Waals surface area contributed by atoms with E-state index in [9.17, 15) is 0 Å². The van der Waals surface area contributed by atoms with Crippen LogP contribution in [0.1, 0.15) is 0 Å². The molecule has 3 aromatic rings. The van der Waals surface area contributed by atoms with Gasteiger partial charge in [0, 0.05) is 47.7 Å². The topological polar surface area (TPSA) is 29.4 Å². The molecule has 1 aromatic heterocycles. The van der Waals surface area contributed by atoms with E-state index in [1.54, 1.807) is 19.1 Å². The standard InChI is InChI=1S/C19H20ClN3OS/c1-24-19-5-4-16(13-18(19)22-10-7-21-8-11-22)25-23-9-6-14-2-3-15(20)12-17(14)23/h2-6,9,12-13,21H,7-8,10-11H2,1H3. The van der Waals surface area contributed by atoms with Gasteiger partial charge in [-0.05, 0) is 48.3 Å². The maximum absolute atomic E-state index is 6.17. The predicted octanol–water partition coefficient (Wildman–Crippen LogP) is 4.27. The van der Waals surface area contributed by atoms with Crippen LogP contribution in [0, 0.1) is 0 Å². The van der Waals surface area contributed by atoms with Crippen molar-refractivity contribution in [2.45, 2.75) is 4.90 Å². The molecule has 0 radical (unpaired) electrons. The molecule has 4 rings (SSSR count). The van der Waals surface area contributed by atoms with Gasteiger partial charge >= 0.3 is 0 Å². The minimum absolute atomic E-state index is 0.754. The summed E-state index contributed by atoms with van der Waals surface area (Å²) < 4.78 is 7.74. The molecule has 6 heteroatoms. The molecule has 0 aliphatic carbocycles. The molecule has 0 unspecified atom stereocenters. The number of nitrogens with one attached hydrogen (secondary N) is 1. The minimum Gasteiger partial charge on any atom is -0.495 e. The lowest BCUT2D eigenvalue weighted by atomic mass is 10.2. The van der Waals surface area contributed by atoms with Crippen LogP contribution in [-0.4, -0.2) is 37.3 Å². The van der Waals surface area contributed by atoms with Gasteiger partial charge in [0.2, 0.25) is 0 Å². The number of nitrogens with zero attached hydrogens (tertiary/aromatic N) is 2. The van der Waals surface area contributed by atoms with Crippen LogP contribution in [0.3, 0.4) is 0 Å². The molecule has 1 aliphatic heterocycles. The Kier molecular flexibility index (Phi) is 4.79. The van der Waals surface area contributed by atoms with Gasteiger partial charge < -0.3 is 15.0 Å². The maximum Gasteiger partial charge on any atom is 0.142 e. The third-order valence-electron chi connectivity index (χ3n) is 4.43. The quantitative estimate of drug-likeness (QED) is 0.739. The SMILES string of the molecule is COc1ccc(Sn2ccc3ccc(Cl)cc32)cc1N1CCNCC1. The molecule has 25 heavy (non-hydrogen) atoms. The molecule has 1 fully saturated rings. The van der Waals surface area contributed by atoms with Gasteiger partial charge in [0.05, 0.1) is 18.3 Å². The predicted molar refractivity (Wildman–Crippen MR) is 106 cm³/mol. The fourth-order valence-electron chi connectivity index (χ4n) is 3.15. The minimum atomic E-state index is 0.754. The largest absolute Gasteiger partial charge is 0.495 e. The Balaban J connectivity index is 1.66. The van der Waals surface area contributed by atoms with Crippen molar-refractivity contribution in [3.05, 3.63) is 53.7 Å². The molecule has 1 N–H and O–H groups in total. The lowest BCUT2D eigenvalue weighted by Gasteiger charge is -2.30. The van der Waals surface area contributed by atoms with Crippen LogP contribution in [-0.2, 0) is 0 Å². The van der Waals surface area contributed by atoms with Crippen molar-refractivity contribution in [1.29, 1.82) is 0 Å². The second-order valence-electron chi connectivity index (χ2n) is 6.01. The number of halogens is 1. The third-order valence-corrected chi connectivity index (χ3v) is 5.65. The highest BCUT2D eigenvalue weighted by atomic mass is 35.5. The number of hydrogen-bond donors (Lipinski definition) is 1. The molecule has 1 aliphatic rings. The number of piperazine rings is 1. The normalized spacial score (nSPS) is 14.9. The first-order valence-electron chi connectivity index (χ1n) is 8.33. The summed E-state index contributed by atoms with van der Waals surface area (Å²) in [4.78, 5) is 3.55. The second kappa shape index (κ2) is 7.20. The number of anilines is 1. The first-order valence-corrected chi connectivity index (χ1v) is 9.48. The fourth-order valence-corrected chi connectivity index (χ4v) is 4.21. The fraction of sp³-hybridized carbons (Fsp3) is 0.263. The average molecular weight is 374 g/mol. The third kappa shape index (κ3) is 3.45. The van der Waals surface area contributed by atoms with E-state index in [2.05, 4.69) is 50.7 Å². The van der Waals surface area contributed by atoms with Crippen molar-refractivity contribution in [2.75, 3.05) is 38.2 Å². The van der Waals surface area contributed by atoms with E-state index in [4.69, 9.17) is 16.3 Å². The van der Waals surface area contributed by atoms with E-state index in [-0.39, 0.29) is 0 Å². The summed E-state index contributed by atoms with van der Waals surface area (Å²) in [6.07, 6.45) is 2.08. The molecule has 1 saturated heterocycles. The summed E-state index contributed by atoms with van der Waals surface area (Å²) in [6, 6.07) is 14.5. The molecular formula is C19H20ClN3OS. The first-order chi connectivity index (χ1) is 12.2. The molecule has 0 amide bonds. The van der Waals surface area contributed by atoms with Gasteiger partial charge in [-0.25, -0.2) is 0 Å². The van der Waals surface area contributed by atoms with E-state index < -0.39 is 0 Å². The van der Waals surface area contributed by atoms with Gasteiger partial charge in [-0.3, -0.25) is 3.97 Å². The Morgan fingerprint density at radius 1 is 1.08 bits per heavy atom. The number of aromatic nitrogens is 1. The molecule has 2 aromatic carbocycles. The van der Waals surface area contributed by atoms with Crippen LogP contribution in [0.5, 0.6) is 5.75 Å². The van der Waals surface area contributed by atoms with Crippen molar-refractivity contribution in [3.8, 4) is 5.75 Å². The van der Waals surface area contributed by atoms with Crippen LogP contribution in [0.2, 0.25) is 5.02 Å². The molecule has 0 bridgehead atoms. The molecule has 0 spiro atoms. The van der Waals surface area contributed by atoms with Crippen LogP contribution in [0.25, 0.3) is 10.9 Å². The number of hydrogen-bond acceptors (Lipinski definition) is 4. The van der Waals surface area contributed by atoms with Gasteiger partial charge in [0.25, 0.3) is 0 Å². The van der Waals surface area contributed by atoms with Crippen molar-refractivity contribution < 1.29 is 4.74 Å². The number of ether oxygens (including phenoxy) is 1. The molecular weight excluding hydrogens is 354 g/mol. The zero-order chi connectivity index (χ0) is 17.2. The zero-order valence-electron chi connectivity index (χ0n) is 14.0. The summed E-state index contributed by atoms with van der Waals surface area (Å²) in [6.45, 7) is 3.99. The highest BCUT2D eigenvalue weighted by Crippen LogP contribution is 2.35. The molecule has 4 nitrogen and oxygen atoms in total. The Bertz CT molecular complexity index is 890. The van der Waals surface area contributed by atoms with Crippen LogP contribution < -0.4 is 15.0 Å². The van der Waals surface area contributed by atoms with Gasteiger partial charge in [0.1, 0.15) is 5.75 Å². The number of benzene rings is 2. The zero-order valence-corrected chi connectivity index (χ0v) is 15.6. The molecule has 0 atom stereocenters. The number of methoxy groups -OCH3 is 1. The molecule has 0 saturated carbocycles. The van der Waals surface area contributed by atoms with Gasteiger partial charge in [-0.2, -0.15) is 0 Å². The van der Waals surface area contributed by atoms with Crippen LogP contribution in [0.15, 0.2) is 53.6 Å². The lowest BCUT2D eigenvalue weighted by molar-refractivity contribution is 0.412. The van der Waals surface area contributed by atoms with Gasteiger partial charge in [-0.15, -0.1) is 0 Å². The van der Waals surface area contributed by atoms with E-state index in [1.165, 1.54) is 10.3 Å². The summed E-state index contributed by atoms with van der Waals surface area (Å²) in [5.41, 5.74) is 2.28. The van der Waals surface area contributed by atoms with Crippen molar-refractivity contribution >= 4 is 40.1 Å². The van der Waals surface area contributed by atoms with E-state index in [0.29, 0.717) is 0 Å². The summed E-state index contributed by atoms with van der Waals surface area (Å²) in [5.74, 6) is 0.923. The average Bonchev–Trinajstić information content (AvgIpc) is 3.04. The maximum atomic E-state index is 6.17. The Morgan fingerprint density at radius 2 is 1.92 bits per heavy atom. The Hall–Kier alpha value is -1.82. The van der Waals surface area contributed by atoms with Crippen LogP contribution >= 0.6 is 23.5 Å². The Labute approximate surface area is 156 Å². The smallest absolute Gasteiger partial charge is 0.142 e. The summed E-state index contributed by atoms with van der Waals surface area (Å²) in [7, 11) is 1.73. The number of rotatable bonds is 4. The second-order valence-corrected chi connectivity index (χ2v) is 7.49. The highest BCUT2D eigenvalue weighted by molar-refractivity contribution is 7.98. The van der Waals surface area contributed by atoms with Crippen molar-refractivity contribution in [1.82, 2.24) is 9.29 Å². The summed E-state index contributed by atoms with van der Waals surface area (Å²) >= 11 is 7.86. The van der Waals surface area contributed by atoms with Crippen LogP contribution in [0.4, 0.5) is 5.69 Å². The first kappa shape index (κ1) is 16.6. The van der Waals surface area contributed by atoms with E-state index in [1.807, 2.05) is 12.1 Å². The monoisotopic (exact) mass is 373 g/mol. The van der Waals surface area contributed by atoms with E-state index >= 15 is 0 Å². The lowest BCUT2D eigenvalue weighted by Crippen LogP contribution is -2.43.